The Morgan fingerprint density at radius 1 is 1.10 bits per heavy atom. The van der Waals surface area contributed by atoms with E-state index in [1.54, 1.807) is 42.5 Å². The highest BCUT2D eigenvalue weighted by Crippen LogP contribution is 2.47. The minimum Gasteiger partial charge on any atom is -0.468 e. The third kappa shape index (κ3) is 7.00. The maximum Gasteiger partial charge on any atom is 0.459 e. The van der Waals surface area contributed by atoms with E-state index in [0.29, 0.717) is 11.2 Å². The number of ether oxygens (including phenoxy) is 4. The normalized spacial score (nSPS) is 22.4. The van der Waals surface area contributed by atoms with Crippen molar-refractivity contribution >= 4 is 37.0 Å². The smallest absolute Gasteiger partial charge is 0.459 e. The summed E-state index contributed by atoms with van der Waals surface area (Å²) in [5.41, 5.74) is 6.85. The van der Waals surface area contributed by atoms with Gasteiger partial charge >= 0.3 is 25.7 Å². The molecular formula is C25H30N5O10P. The fraction of sp³-hybridized carbons (Fsp3) is 0.400. The van der Waals surface area contributed by atoms with Gasteiger partial charge in [-0.1, -0.05) is 18.2 Å². The van der Waals surface area contributed by atoms with Crippen LogP contribution in [0.15, 0.2) is 48.8 Å². The Morgan fingerprint density at radius 3 is 2.44 bits per heavy atom. The molecule has 4 rings (SSSR count). The number of rotatable bonds is 11. The second-order valence-electron chi connectivity index (χ2n) is 9.02. The topological polar surface area (TPSA) is 192 Å². The highest BCUT2D eigenvalue weighted by Gasteiger charge is 2.51. The predicted molar refractivity (Wildman–Crippen MR) is 141 cm³/mol. The number of hydrogen-bond donors (Lipinski definition) is 2. The summed E-state index contributed by atoms with van der Waals surface area (Å²) < 4.78 is 48.6. The number of aromatic nitrogens is 3. The van der Waals surface area contributed by atoms with Crippen molar-refractivity contribution in [2.45, 2.75) is 51.2 Å². The number of nitrogens with one attached hydrogen (secondary N) is 1. The minimum absolute atomic E-state index is 0.192. The number of hydrogen-bond acceptors (Lipinski definition) is 13. The third-order valence-electron chi connectivity index (χ3n) is 6.00. The van der Waals surface area contributed by atoms with Gasteiger partial charge in [0.1, 0.15) is 35.8 Å². The van der Waals surface area contributed by atoms with Crippen LogP contribution >= 0.6 is 7.75 Å². The van der Waals surface area contributed by atoms with Gasteiger partial charge < -0.3 is 29.2 Å². The zero-order chi connectivity index (χ0) is 29.7. The second-order valence-corrected chi connectivity index (χ2v) is 10.7. The van der Waals surface area contributed by atoms with E-state index < -0.39 is 62.7 Å². The van der Waals surface area contributed by atoms with Gasteiger partial charge in [-0.25, -0.2) is 14.1 Å². The molecule has 1 aromatic carbocycles. The molecule has 1 aliphatic rings. The molecule has 3 N–H and O–H groups in total. The van der Waals surface area contributed by atoms with Crippen molar-refractivity contribution in [3.63, 3.8) is 0 Å². The van der Waals surface area contributed by atoms with Crippen molar-refractivity contribution in [1.82, 2.24) is 19.7 Å². The average Bonchev–Trinajstić information content (AvgIpc) is 3.49. The second kappa shape index (κ2) is 12.6. The van der Waals surface area contributed by atoms with Gasteiger partial charge in [0.05, 0.1) is 19.4 Å². The van der Waals surface area contributed by atoms with E-state index in [1.807, 2.05) is 0 Å². The first-order valence-electron chi connectivity index (χ1n) is 12.4. The molecule has 0 saturated carbocycles. The number of nitrogen functional groups attached to an aromatic ring is 1. The lowest BCUT2D eigenvalue weighted by atomic mass is 10.1. The molecule has 0 radical (unpaired) electrons. The number of anilines is 1. The number of fused-ring (bicyclic) bond motifs is 1. The van der Waals surface area contributed by atoms with E-state index in [9.17, 15) is 18.9 Å². The summed E-state index contributed by atoms with van der Waals surface area (Å²) in [6, 6.07) is 10.4. The van der Waals surface area contributed by atoms with E-state index in [-0.39, 0.29) is 11.6 Å². The molecule has 3 heterocycles. The molecule has 15 nitrogen and oxygen atoms in total. The summed E-state index contributed by atoms with van der Waals surface area (Å²) in [6.45, 7) is 3.32. The molecular weight excluding hydrogens is 561 g/mol. The maximum atomic E-state index is 13.8. The summed E-state index contributed by atoms with van der Waals surface area (Å²) >= 11 is 0. The van der Waals surface area contributed by atoms with Gasteiger partial charge in [0, 0.05) is 13.8 Å². The van der Waals surface area contributed by atoms with Crippen LogP contribution in [0.2, 0.25) is 0 Å². The van der Waals surface area contributed by atoms with Crippen LogP contribution in [0.4, 0.5) is 5.82 Å². The van der Waals surface area contributed by atoms with Gasteiger partial charge in [-0.05, 0) is 31.2 Å². The Morgan fingerprint density at radius 2 is 1.78 bits per heavy atom. The van der Waals surface area contributed by atoms with Crippen LogP contribution in [0, 0.1) is 0 Å². The first kappa shape index (κ1) is 29.9. The molecule has 0 unspecified atom stereocenters. The van der Waals surface area contributed by atoms with Gasteiger partial charge in [0.25, 0.3) is 0 Å². The molecule has 1 fully saturated rings. The Labute approximate surface area is 234 Å². The lowest BCUT2D eigenvalue weighted by Gasteiger charge is -2.26. The van der Waals surface area contributed by atoms with Crippen molar-refractivity contribution in [1.29, 1.82) is 0 Å². The van der Waals surface area contributed by atoms with Crippen molar-refractivity contribution in [2.75, 3.05) is 19.5 Å². The van der Waals surface area contributed by atoms with Crippen molar-refractivity contribution < 1.29 is 46.9 Å². The Bertz CT molecular complexity index is 1450. The lowest BCUT2D eigenvalue weighted by molar-refractivity contribution is -0.164. The maximum absolute atomic E-state index is 13.8. The number of methoxy groups -OCH3 is 1. The summed E-state index contributed by atoms with van der Waals surface area (Å²) in [4.78, 5) is 40.2. The minimum atomic E-state index is -4.27. The Hall–Kier alpha value is -4.04. The van der Waals surface area contributed by atoms with E-state index in [0.717, 1.165) is 0 Å². The van der Waals surface area contributed by atoms with Crippen LogP contribution in [0.3, 0.4) is 0 Å². The quantitative estimate of drug-likeness (QED) is 0.187. The SMILES string of the molecule is COC(=O)[C@H](C)N[P@@](=O)(OC[C@H]1O[C@@H](c2ccc3c(N)ncnn23)[C@H](OC(C)=O)[C@@H]1OC(C)=O)Oc1ccccc1. The van der Waals surface area contributed by atoms with Gasteiger partial charge in [0.15, 0.2) is 18.0 Å². The van der Waals surface area contributed by atoms with Gasteiger partial charge in [-0.15, -0.1) is 0 Å². The number of para-hydroxylation sites is 1. The zero-order valence-electron chi connectivity index (χ0n) is 22.7. The lowest BCUT2D eigenvalue weighted by Crippen LogP contribution is -2.40. The van der Waals surface area contributed by atoms with Crippen LogP contribution in [0.1, 0.15) is 32.6 Å². The average molecular weight is 592 g/mol. The molecule has 2 aromatic heterocycles. The fourth-order valence-corrected chi connectivity index (χ4v) is 5.79. The van der Waals surface area contributed by atoms with Gasteiger partial charge in [0.2, 0.25) is 0 Å². The molecule has 41 heavy (non-hydrogen) atoms. The molecule has 1 aliphatic heterocycles. The molecule has 0 amide bonds. The number of benzene rings is 1. The first-order chi connectivity index (χ1) is 19.5. The molecule has 0 aliphatic carbocycles. The monoisotopic (exact) mass is 591 g/mol. The molecule has 6 atom stereocenters. The van der Waals surface area contributed by atoms with Crippen LogP contribution in [-0.2, 0) is 42.4 Å². The Kier molecular flexibility index (Phi) is 9.23. The molecule has 220 valence electrons. The van der Waals surface area contributed by atoms with Crippen LogP contribution in [-0.4, -0.2) is 70.6 Å². The Balaban J connectivity index is 1.65. The van der Waals surface area contributed by atoms with E-state index in [2.05, 4.69) is 15.2 Å². The summed E-state index contributed by atoms with van der Waals surface area (Å²) in [5.74, 6) is -1.67. The molecule has 0 spiro atoms. The predicted octanol–water partition coefficient (Wildman–Crippen LogP) is 1.97. The highest BCUT2D eigenvalue weighted by molar-refractivity contribution is 7.52. The largest absolute Gasteiger partial charge is 0.468 e. The number of carbonyl (C=O) groups is 3. The number of esters is 3. The van der Waals surface area contributed by atoms with Crippen LogP contribution < -0.4 is 15.3 Å². The standard InChI is InChI=1S/C25H30N5O10P/c1-14(25(33)35-4)29-41(34,40-17-8-6-5-7-9-17)36-12-20-22(37-15(2)31)23(38-16(3)32)21(39-20)18-10-11-19-24(26)27-13-28-30(18)19/h5-11,13-14,20-23H,12H2,1-4H3,(H,29,34)(H2,26,27,28)/t14-,20+,21-,22+,23-,41+/m0/s1. The summed E-state index contributed by atoms with van der Waals surface area (Å²) in [5, 5.41) is 6.75. The van der Waals surface area contributed by atoms with Gasteiger partial charge in [-0.2, -0.15) is 10.2 Å². The van der Waals surface area contributed by atoms with E-state index in [4.69, 9.17) is 33.7 Å². The number of carbonyl (C=O) groups excluding carboxylic acids is 3. The molecule has 3 aromatic rings. The summed E-state index contributed by atoms with van der Waals surface area (Å²) in [7, 11) is -3.09. The molecule has 1 saturated heterocycles. The zero-order valence-corrected chi connectivity index (χ0v) is 23.6. The summed E-state index contributed by atoms with van der Waals surface area (Å²) in [6.07, 6.45) is -3.20. The highest BCUT2D eigenvalue weighted by atomic mass is 31.2. The fourth-order valence-electron chi connectivity index (χ4n) is 4.29. The van der Waals surface area contributed by atoms with Gasteiger partial charge in [-0.3, -0.25) is 18.9 Å². The molecule has 0 bridgehead atoms. The van der Waals surface area contributed by atoms with Crippen molar-refractivity contribution in [3.05, 3.63) is 54.5 Å². The van der Waals surface area contributed by atoms with Crippen molar-refractivity contribution in [2.24, 2.45) is 0 Å². The third-order valence-corrected chi connectivity index (χ3v) is 7.64. The number of nitrogens with zero attached hydrogens (tertiary/aromatic N) is 3. The van der Waals surface area contributed by atoms with E-state index >= 15 is 0 Å². The van der Waals surface area contributed by atoms with E-state index in [1.165, 1.54) is 38.7 Å². The van der Waals surface area contributed by atoms with Crippen LogP contribution in [0.25, 0.3) is 5.52 Å². The molecule has 16 heteroatoms. The first-order valence-corrected chi connectivity index (χ1v) is 14.0. The van der Waals surface area contributed by atoms with Crippen molar-refractivity contribution in [3.8, 4) is 5.75 Å². The van der Waals surface area contributed by atoms with Crippen LogP contribution in [0.5, 0.6) is 5.75 Å². The number of nitrogens with two attached hydrogens (primary N) is 1.